The van der Waals surface area contributed by atoms with Crippen LogP contribution < -0.4 is 15.8 Å². The third-order valence-electron chi connectivity index (χ3n) is 5.95. The highest BCUT2D eigenvalue weighted by Crippen LogP contribution is 2.34. The van der Waals surface area contributed by atoms with Gasteiger partial charge in [0.1, 0.15) is 11.6 Å². The van der Waals surface area contributed by atoms with E-state index in [1.54, 1.807) is 29.2 Å². The molecule has 36 heavy (non-hydrogen) atoms. The van der Waals surface area contributed by atoms with E-state index in [4.69, 9.17) is 20.6 Å². The molecule has 1 amide bonds. The average Bonchev–Trinajstić information content (AvgIpc) is 2.86. The minimum absolute atomic E-state index is 0. The summed E-state index contributed by atoms with van der Waals surface area (Å²) in [6.07, 6.45) is 2.27. The lowest BCUT2D eigenvalue weighted by molar-refractivity contribution is -0.138. The van der Waals surface area contributed by atoms with Crippen LogP contribution >= 0.6 is 12.4 Å². The zero-order chi connectivity index (χ0) is 25.4. The van der Waals surface area contributed by atoms with Crippen LogP contribution in [0, 0.1) is 5.41 Å². The van der Waals surface area contributed by atoms with Crippen molar-refractivity contribution in [3.05, 3.63) is 58.7 Å². The molecule has 10 heteroatoms. The number of carbonyl (C=O) groups excluding carboxylic acids is 1. The molecule has 1 atom stereocenters. The molecule has 1 heterocycles. The molecule has 0 aliphatic carbocycles. The summed E-state index contributed by atoms with van der Waals surface area (Å²) in [5.74, 6) is -0.848. The van der Waals surface area contributed by atoms with Gasteiger partial charge in [0.25, 0.3) is 5.91 Å². The van der Waals surface area contributed by atoms with Gasteiger partial charge in [0.15, 0.2) is 12.6 Å². The van der Waals surface area contributed by atoms with Crippen molar-refractivity contribution in [3.63, 3.8) is 0 Å². The summed E-state index contributed by atoms with van der Waals surface area (Å²) in [7, 11) is 0. The molecular formula is C26H35ClN4O5. The maximum atomic E-state index is 12.7. The van der Waals surface area contributed by atoms with Gasteiger partial charge in [-0.05, 0) is 54.3 Å². The van der Waals surface area contributed by atoms with E-state index >= 15 is 0 Å². The first-order chi connectivity index (χ1) is 16.8. The Morgan fingerprint density at radius 2 is 1.86 bits per heavy atom. The van der Waals surface area contributed by atoms with E-state index in [2.05, 4.69) is 5.32 Å². The number of benzene rings is 2. The van der Waals surface area contributed by atoms with E-state index in [9.17, 15) is 14.7 Å². The third-order valence-corrected chi connectivity index (χ3v) is 5.95. The Bertz CT molecular complexity index is 1060. The van der Waals surface area contributed by atoms with Crippen molar-refractivity contribution in [2.45, 2.75) is 39.2 Å². The molecular weight excluding hydrogens is 484 g/mol. The second-order valence-electron chi connectivity index (χ2n) is 8.47. The zero-order valence-electron chi connectivity index (χ0n) is 20.7. The number of nitrogen functional groups attached to an aromatic ring is 1. The lowest BCUT2D eigenvalue weighted by Gasteiger charge is -2.28. The van der Waals surface area contributed by atoms with E-state index in [0.717, 1.165) is 24.0 Å². The number of nitrogens with two attached hydrogens (primary N) is 1. The second kappa shape index (κ2) is 13.7. The summed E-state index contributed by atoms with van der Waals surface area (Å²) in [6.45, 7) is 5.91. The molecule has 0 radical (unpaired) electrons. The van der Waals surface area contributed by atoms with Crippen LogP contribution in [-0.4, -0.2) is 60.6 Å². The highest BCUT2D eigenvalue weighted by atomic mass is 35.5. The van der Waals surface area contributed by atoms with Crippen molar-refractivity contribution in [2.75, 3.05) is 38.2 Å². The first kappa shape index (κ1) is 28.9. The maximum absolute atomic E-state index is 12.7. The highest BCUT2D eigenvalue weighted by Gasteiger charge is 2.27. The predicted octanol–water partition coefficient (Wildman–Crippen LogP) is 3.38. The molecule has 1 aliphatic rings. The first-order valence-electron chi connectivity index (χ1n) is 11.9. The Balaban J connectivity index is 0.00000456. The first-order valence-corrected chi connectivity index (χ1v) is 11.9. The monoisotopic (exact) mass is 518 g/mol. The van der Waals surface area contributed by atoms with Crippen LogP contribution in [0.3, 0.4) is 0 Å². The number of hydrogen-bond donors (Lipinski definition) is 4. The number of amidine groups is 1. The molecule has 0 saturated carbocycles. The highest BCUT2D eigenvalue weighted by molar-refractivity contribution is 5.95. The van der Waals surface area contributed by atoms with Crippen LogP contribution in [0.5, 0.6) is 5.75 Å². The number of halogens is 1. The molecule has 1 fully saturated rings. The van der Waals surface area contributed by atoms with Crippen molar-refractivity contribution < 1.29 is 24.2 Å². The summed E-state index contributed by atoms with van der Waals surface area (Å²) in [5, 5.41) is 20.8. The fraction of sp³-hybridized carbons (Fsp3) is 0.423. The predicted molar refractivity (Wildman–Crippen MR) is 141 cm³/mol. The normalized spacial score (nSPS) is 13.9. The lowest BCUT2D eigenvalue weighted by Crippen LogP contribution is -2.43. The number of aliphatic carboxylic acids is 1. The van der Waals surface area contributed by atoms with Crippen LogP contribution in [-0.2, 0) is 27.2 Å². The number of amides is 1. The maximum Gasteiger partial charge on any atom is 0.330 e. The van der Waals surface area contributed by atoms with E-state index in [1.165, 1.54) is 0 Å². The van der Waals surface area contributed by atoms with Crippen LogP contribution in [0.15, 0.2) is 36.4 Å². The summed E-state index contributed by atoms with van der Waals surface area (Å²) in [4.78, 5) is 26.9. The smallest absolute Gasteiger partial charge is 0.330 e. The van der Waals surface area contributed by atoms with Crippen LogP contribution in [0.25, 0.3) is 0 Å². The van der Waals surface area contributed by atoms with Crippen molar-refractivity contribution in [1.29, 1.82) is 5.41 Å². The van der Waals surface area contributed by atoms with Gasteiger partial charge in [0.2, 0.25) is 0 Å². The fourth-order valence-electron chi connectivity index (χ4n) is 4.05. The van der Waals surface area contributed by atoms with Crippen molar-refractivity contribution in [3.8, 4) is 5.75 Å². The Morgan fingerprint density at radius 3 is 2.42 bits per heavy atom. The average molecular weight is 519 g/mol. The van der Waals surface area contributed by atoms with Gasteiger partial charge in [-0.15, -0.1) is 12.4 Å². The largest absolute Gasteiger partial charge is 0.483 e. The number of aryl methyl sites for hydroxylation is 2. The van der Waals surface area contributed by atoms with E-state index in [1.807, 2.05) is 26.0 Å². The number of hydrogen-bond acceptors (Lipinski definition) is 6. The minimum Gasteiger partial charge on any atom is -0.483 e. The molecule has 2 aromatic carbocycles. The van der Waals surface area contributed by atoms with Crippen molar-refractivity contribution in [1.82, 2.24) is 4.90 Å². The minimum atomic E-state index is -1.10. The number of nitrogens with zero attached hydrogens (tertiary/aromatic N) is 1. The fourth-order valence-corrected chi connectivity index (χ4v) is 4.05. The molecule has 9 nitrogen and oxygen atoms in total. The number of anilines is 1. The summed E-state index contributed by atoms with van der Waals surface area (Å²) >= 11 is 0. The number of morpholine rings is 1. The van der Waals surface area contributed by atoms with Crippen molar-refractivity contribution in [2.24, 2.45) is 5.73 Å². The van der Waals surface area contributed by atoms with Gasteiger partial charge in [-0.2, -0.15) is 0 Å². The second-order valence-corrected chi connectivity index (χ2v) is 8.47. The van der Waals surface area contributed by atoms with Gasteiger partial charge in [0, 0.05) is 29.9 Å². The van der Waals surface area contributed by atoms with Crippen LogP contribution in [0.4, 0.5) is 5.69 Å². The molecule has 3 rings (SSSR count). The molecule has 0 aromatic heterocycles. The molecule has 0 bridgehead atoms. The molecule has 2 aromatic rings. The van der Waals surface area contributed by atoms with Gasteiger partial charge >= 0.3 is 5.97 Å². The van der Waals surface area contributed by atoms with Crippen molar-refractivity contribution >= 4 is 35.8 Å². The molecule has 1 saturated heterocycles. The molecule has 196 valence electrons. The van der Waals surface area contributed by atoms with E-state index in [-0.39, 0.29) is 30.8 Å². The number of carboxylic acids is 1. The Morgan fingerprint density at radius 1 is 1.19 bits per heavy atom. The SMILES string of the molecule is CCCc1cc(CC)cc(C(Nc2ccc(C(=N)N)cc2)C(=O)O)c1OCC(=O)N1CCOCC1.Cl. The number of nitrogens with one attached hydrogen (secondary N) is 2. The number of carbonyl (C=O) groups is 2. The molecule has 1 unspecified atom stereocenters. The topological polar surface area (TPSA) is 138 Å². The van der Waals surface area contributed by atoms with Gasteiger partial charge in [0.05, 0.1) is 13.2 Å². The third kappa shape index (κ3) is 7.35. The summed E-state index contributed by atoms with van der Waals surface area (Å²) in [6, 6.07) is 9.46. The zero-order valence-corrected chi connectivity index (χ0v) is 21.5. The van der Waals surface area contributed by atoms with Crippen LogP contribution in [0.2, 0.25) is 0 Å². The van der Waals surface area contributed by atoms with Crippen LogP contribution in [0.1, 0.15) is 48.6 Å². The quantitative estimate of drug-likeness (QED) is 0.264. The Labute approximate surface area is 217 Å². The summed E-state index contributed by atoms with van der Waals surface area (Å²) < 4.78 is 11.4. The molecule has 5 N–H and O–H groups in total. The van der Waals surface area contributed by atoms with Gasteiger partial charge in [-0.1, -0.05) is 26.3 Å². The lowest BCUT2D eigenvalue weighted by atomic mass is 9.95. The molecule has 0 spiro atoms. The summed E-state index contributed by atoms with van der Waals surface area (Å²) in [5.41, 5.74) is 9.00. The molecule has 1 aliphatic heterocycles. The van der Waals surface area contributed by atoms with Gasteiger partial charge in [-0.3, -0.25) is 10.2 Å². The van der Waals surface area contributed by atoms with E-state index in [0.29, 0.717) is 55.3 Å². The standard InChI is InChI=1S/C26H34N4O5.ClH/c1-3-5-19-14-17(4-2)15-21(24(19)35-16-22(31)30-10-12-34-13-11-30)23(26(32)33)29-20-8-6-18(7-9-20)25(27)28;/h6-9,14-15,23,29H,3-5,10-13,16H2,1-2H3,(H3,27,28)(H,32,33);1H. The van der Waals surface area contributed by atoms with Gasteiger partial charge < -0.3 is 30.5 Å². The number of carboxylic acid groups (broad SMARTS) is 1. The Kier molecular flexibility index (Phi) is 11.0. The Hall–Kier alpha value is -3.30. The number of ether oxygens (including phenoxy) is 2. The van der Waals surface area contributed by atoms with E-state index < -0.39 is 12.0 Å². The number of rotatable bonds is 11. The van der Waals surface area contributed by atoms with Gasteiger partial charge in [-0.25, -0.2) is 4.79 Å².